The summed E-state index contributed by atoms with van der Waals surface area (Å²) in [6, 6.07) is 0. The molecule has 1 fully saturated rings. The summed E-state index contributed by atoms with van der Waals surface area (Å²) in [5, 5.41) is 0. The zero-order valence-electron chi connectivity index (χ0n) is 7.71. The number of hydrogen-bond acceptors (Lipinski definition) is 3. The normalized spacial score (nSPS) is 24.1. The first kappa shape index (κ1) is 9.52. The minimum atomic E-state index is -0.304. The third-order valence-corrected chi connectivity index (χ3v) is 1.79. The molecule has 12 heavy (non-hydrogen) atoms. The lowest BCUT2D eigenvalue weighted by atomic mass is 10.1. The average Bonchev–Trinajstić information content (AvgIpc) is 2.05. The Bertz CT molecular complexity index is 148. The SMILES string of the molecule is CC(C)OC(=O)C1CCCCO1. The van der Waals surface area contributed by atoms with Gasteiger partial charge in [0.2, 0.25) is 0 Å². The molecular weight excluding hydrogens is 156 g/mol. The summed E-state index contributed by atoms with van der Waals surface area (Å²) in [5.41, 5.74) is 0. The van der Waals surface area contributed by atoms with Crippen LogP contribution in [0.1, 0.15) is 33.1 Å². The minimum Gasteiger partial charge on any atom is -0.461 e. The van der Waals surface area contributed by atoms with Crippen molar-refractivity contribution >= 4 is 5.97 Å². The van der Waals surface area contributed by atoms with E-state index in [1.165, 1.54) is 0 Å². The van der Waals surface area contributed by atoms with Crippen molar-refractivity contribution in [2.24, 2.45) is 0 Å². The van der Waals surface area contributed by atoms with Gasteiger partial charge < -0.3 is 9.47 Å². The molecule has 1 aliphatic rings. The predicted molar refractivity (Wildman–Crippen MR) is 44.8 cm³/mol. The topological polar surface area (TPSA) is 35.5 Å². The molecule has 3 heteroatoms. The molecule has 0 saturated carbocycles. The molecule has 0 spiro atoms. The van der Waals surface area contributed by atoms with Crippen LogP contribution in [0.3, 0.4) is 0 Å². The summed E-state index contributed by atoms with van der Waals surface area (Å²) in [6.45, 7) is 4.39. The number of carbonyl (C=O) groups excluding carboxylic acids is 1. The van der Waals surface area contributed by atoms with Crippen LogP contribution < -0.4 is 0 Å². The number of ether oxygens (including phenoxy) is 2. The van der Waals surface area contributed by atoms with Gasteiger partial charge in [-0.1, -0.05) is 0 Å². The molecule has 0 radical (unpaired) electrons. The van der Waals surface area contributed by atoms with Crippen LogP contribution in [0, 0.1) is 0 Å². The number of carbonyl (C=O) groups is 1. The van der Waals surface area contributed by atoms with Gasteiger partial charge in [-0.25, -0.2) is 4.79 Å². The molecule has 1 rings (SSSR count). The molecule has 1 saturated heterocycles. The van der Waals surface area contributed by atoms with Crippen molar-refractivity contribution in [3.05, 3.63) is 0 Å². The van der Waals surface area contributed by atoms with E-state index in [0.717, 1.165) is 19.3 Å². The lowest BCUT2D eigenvalue weighted by Crippen LogP contribution is -2.31. The highest BCUT2D eigenvalue weighted by atomic mass is 16.6. The van der Waals surface area contributed by atoms with Crippen molar-refractivity contribution in [1.82, 2.24) is 0 Å². The first-order valence-corrected chi connectivity index (χ1v) is 4.52. The predicted octanol–water partition coefficient (Wildman–Crippen LogP) is 1.51. The van der Waals surface area contributed by atoms with E-state index in [-0.39, 0.29) is 18.2 Å². The van der Waals surface area contributed by atoms with Crippen molar-refractivity contribution in [3.8, 4) is 0 Å². The van der Waals surface area contributed by atoms with Crippen molar-refractivity contribution in [1.29, 1.82) is 0 Å². The van der Waals surface area contributed by atoms with Gasteiger partial charge >= 0.3 is 5.97 Å². The smallest absolute Gasteiger partial charge is 0.335 e. The van der Waals surface area contributed by atoms with Crippen LogP contribution in [-0.2, 0) is 14.3 Å². The monoisotopic (exact) mass is 172 g/mol. The molecule has 1 atom stereocenters. The Hall–Kier alpha value is -0.570. The molecule has 1 aliphatic heterocycles. The molecule has 0 N–H and O–H groups in total. The van der Waals surface area contributed by atoms with E-state index in [4.69, 9.17) is 9.47 Å². The Morgan fingerprint density at radius 1 is 1.50 bits per heavy atom. The quantitative estimate of drug-likeness (QED) is 0.592. The van der Waals surface area contributed by atoms with Crippen molar-refractivity contribution < 1.29 is 14.3 Å². The third kappa shape index (κ3) is 2.81. The maximum absolute atomic E-state index is 11.3. The molecule has 0 bridgehead atoms. The molecule has 0 aromatic rings. The van der Waals surface area contributed by atoms with Gasteiger partial charge in [0.05, 0.1) is 6.10 Å². The maximum atomic E-state index is 11.3. The van der Waals surface area contributed by atoms with Gasteiger partial charge in [0, 0.05) is 6.61 Å². The van der Waals surface area contributed by atoms with E-state index in [0.29, 0.717) is 6.61 Å². The summed E-state index contributed by atoms with van der Waals surface area (Å²) in [6.07, 6.45) is 2.60. The van der Waals surface area contributed by atoms with Gasteiger partial charge in [0.15, 0.2) is 6.10 Å². The zero-order valence-corrected chi connectivity index (χ0v) is 7.71. The van der Waals surface area contributed by atoms with Crippen molar-refractivity contribution in [2.75, 3.05) is 6.61 Å². The standard InChI is InChI=1S/C9H16O3/c1-7(2)12-9(10)8-5-3-4-6-11-8/h7-8H,3-6H2,1-2H3. The van der Waals surface area contributed by atoms with Crippen molar-refractivity contribution in [3.63, 3.8) is 0 Å². The minimum absolute atomic E-state index is 0.0389. The average molecular weight is 172 g/mol. The summed E-state index contributed by atoms with van der Waals surface area (Å²) >= 11 is 0. The van der Waals surface area contributed by atoms with Crippen LogP contribution in [0.4, 0.5) is 0 Å². The van der Waals surface area contributed by atoms with Gasteiger partial charge in [-0.2, -0.15) is 0 Å². The Labute approximate surface area is 73.0 Å². The second kappa shape index (κ2) is 4.45. The summed E-state index contributed by atoms with van der Waals surface area (Å²) < 4.78 is 10.3. The molecular formula is C9H16O3. The highest BCUT2D eigenvalue weighted by Crippen LogP contribution is 2.14. The fourth-order valence-corrected chi connectivity index (χ4v) is 1.23. The molecule has 0 aromatic heterocycles. The fourth-order valence-electron chi connectivity index (χ4n) is 1.23. The van der Waals surface area contributed by atoms with Crippen LogP contribution in [0.15, 0.2) is 0 Å². The molecule has 0 amide bonds. The van der Waals surface area contributed by atoms with E-state index >= 15 is 0 Å². The molecule has 1 heterocycles. The van der Waals surface area contributed by atoms with E-state index < -0.39 is 0 Å². The Morgan fingerprint density at radius 3 is 2.75 bits per heavy atom. The highest BCUT2D eigenvalue weighted by Gasteiger charge is 2.23. The van der Waals surface area contributed by atoms with Crippen LogP contribution >= 0.6 is 0 Å². The first-order valence-electron chi connectivity index (χ1n) is 4.52. The van der Waals surface area contributed by atoms with Gasteiger partial charge in [0.1, 0.15) is 0 Å². The Balaban J connectivity index is 2.30. The third-order valence-electron chi connectivity index (χ3n) is 1.79. The largest absolute Gasteiger partial charge is 0.461 e. The number of esters is 1. The molecule has 0 aliphatic carbocycles. The van der Waals surface area contributed by atoms with Gasteiger partial charge in [-0.15, -0.1) is 0 Å². The molecule has 0 aromatic carbocycles. The second-order valence-electron chi connectivity index (χ2n) is 3.34. The van der Waals surface area contributed by atoms with Gasteiger partial charge in [-0.3, -0.25) is 0 Å². The van der Waals surface area contributed by atoms with Crippen LogP contribution in [0.2, 0.25) is 0 Å². The highest BCUT2D eigenvalue weighted by molar-refractivity contribution is 5.74. The van der Waals surface area contributed by atoms with Crippen LogP contribution in [-0.4, -0.2) is 24.8 Å². The second-order valence-corrected chi connectivity index (χ2v) is 3.34. The van der Waals surface area contributed by atoms with Gasteiger partial charge in [0.25, 0.3) is 0 Å². The lowest BCUT2D eigenvalue weighted by Gasteiger charge is -2.21. The Kier molecular flexibility index (Phi) is 3.53. The molecule has 1 unspecified atom stereocenters. The van der Waals surface area contributed by atoms with Crippen LogP contribution in [0.5, 0.6) is 0 Å². The van der Waals surface area contributed by atoms with E-state index in [1.54, 1.807) is 0 Å². The van der Waals surface area contributed by atoms with Gasteiger partial charge in [-0.05, 0) is 33.1 Å². The first-order chi connectivity index (χ1) is 5.70. The molecule has 70 valence electrons. The van der Waals surface area contributed by atoms with E-state index in [9.17, 15) is 4.79 Å². The lowest BCUT2D eigenvalue weighted by molar-refractivity contribution is -0.163. The number of rotatable bonds is 2. The summed E-state index contributed by atoms with van der Waals surface area (Å²) in [4.78, 5) is 11.3. The summed E-state index contributed by atoms with van der Waals surface area (Å²) in [7, 11) is 0. The molecule has 3 nitrogen and oxygen atoms in total. The van der Waals surface area contributed by atoms with Crippen molar-refractivity contribution in [2.45, 2.75) is 45.3 Å². The van der Waals surface area contributed by atoms with Crippen LogP contribution in [0.25, 0.3) is 0 Å². The fraction of sp³-hybridized carbons (Fsp3) is 0.889. The van der Waals surface area contributed by atoms with E-state index in [2.05, 4.69) is 0 Å². The summed E-state index contributed by atoms with van der Waals surface area (Å²) in [5.74, 6) is -0.204. The zero-order chi connectivity index (χ0) is 8.97. The van der Waals surface area contributed by atoms with E-state index in [1.807, 2.05) is 13.8 Å². The maximum Gasteiger partial charge on any atom is 0.335 e. The number of hydrogen-bond donors (Lipinski definition) is 0. The Morgan fingerprint density at radius 2 is 2.25 bits per heavy atom.